The van der Waals surface area contributed by atoms with Gasteiger partial charge in [-0.3, -0.25) is 9.59 Å². The number of benzene rings is 2. The normalized spacial score (nSPS) is 20.0. The molecule has 6 nitrogen and oxygen atoms in total. The fraction of sp³-hybridized carbons (Fsp3) is 0.182. The zero-order chi connectivity index (χ0) is 20.8. The highest BCUT2D eigenvalue weighted by Crippen LogP contribution is 2.42. The molecule has 2 aliphatic rings. The Labute approximate surface area is 182 Å². The van der Waals surface area contributed by atoms with Gasteiger partial charge in [0.1, 0.15) is 0 Å². The lowest BCUT2D eigenvalue weighted by molar-refractivity contribution is -0.139. The van der Waals surface area contributed by atoms with Crippen molar-refractivity contribution in [3.05, 3.63) is 74.9 Å². The van der Waals surface area contributed by atoms with Crippen LogP contribution in [-0.2, 0) is 15.1 Å². The van der Waals surface area contributed by atoms with E-state index in [1.807, 2.05) is 62.4 Å². The van der Waals surface area contributed by atoms with E-state index in [0.717, 1.165) is 14.7 Å². The van der Waals surface area contributed by atoms with Crippen LogP contribution in [0.3, 0.4) is 0 Å². The van der Waals surface area contributed by atoms with E-state index in [9.17, 15) is 9.59 Å². The van der Waals surface area contributed by atoms with Gasteiger partial charge in [-0.25, -0.2) is 5.01 Å². The third kappa shape index (κ3) is 3.00. The van der Waals surface area contributed by atoms with Crippen LogP contribution in [0.15, 0.2) is 70.4 Å². The van der Waals surface area contributed by atoms with Crippen molar-refractivity contribution in [2.24, 2.45) is 10.2 Å². The molecule has 1 unspecified atom stereocenters. The first-order valence-corrected chi connectivity index (χ1v) is 10.2. The van der Waals surface area contributed by atoms with Gasteiger partial charge in [-0.2, -0.15) is 15.2 Å². The van der Waals surface area contributed by atoms with Crippen LogP contribution in [0.1, 0.15) is 31.9 Å². The largest absolute Gasteiger partial charge is 0.286 e. The number of rotatable bonds is 2. The zero-order valence-corrected chi connectivity index (χ0v) is 18.4. The van der Waals surface area contributed by atoms with Crippen molar-refractivity contribution in [2.45, 2.75) is 26.3 Å². The number of amides is 2. The number of carbonyl (C=O) groups is 2. The molecule has 2 amide bonds. The average Bonchev–Trinajstić information content (AvgIpc) is 2.94. The fourth-order valence-electron chi connectivity index (χ4n) is 3.68. The molecule has 0 N–H and O–H groups in total. The summed E-state index contributed by atoms with van der Waals surface area (Å²) in [5, 5.41) is 11.6. The summed E-state index contributed by atoms with van der Waals surface area (Å²) in [4.78, 5) is 26.9. The fourth-order valence-corrected chi connectivity index (χ4v) is 4.04. The van der Waals surface area contributed by atoms with Crippen LogP contribution >= 0.6 is 22.6 Å². The highest BCUT2D eigenvalue weighted by atomic mass is 127. The molecule has 0 saturated heterocycles. The number of carbonyl (C=O) groups excluding carboxylic acids is 2. The van der Waals surface area contributed by atoms with E-state index in [0.29, 0.717) is 17.0 Å². The van der Waals surface area contributed by atoms with Crippen molar-refractivity contribution in [3.63, 3.8) is 0 Å². The summed E-state index contributed by atoms with van der Waals surface area (Å²) in [5.74, 6) is -0.681. The van der Waals surface area contributed by atoms with Crippen LogP contribution in [0.4, 0.5) is 5.69 Å². The van der Waals surface area contributed by atoms with Gasteiger partial charge in [0, 0.05) is 20.8 Å². The molecule has 1 atom stereocenters. The van der Waals surface area contributed by atoms with Crippen molar-refractivity contribution in [1.29, 1.82) is 0 Å². The molecule has 146 valence electrons. The molecule has 4 rings (SSSR count). The van der Waals surface area contributed by atoms with Crippen LogP contribution in [0.5, 0.6) is 0 Å². The lowest BCUT2D eigenvalue weighted by Crippen LogP contribution is -2.58. The van der Waals surface area contributed by atoms with Crippen molar-refractivity contribution in [1.82, 2.24) is 5.01 Å². The summed E-state index contributed by atoms with van der Waals surface area (Å²) in [7, 11) is 0. The maximum absolute atomic E-state index is 13.9. The van der Waals surface area contributed by atoms with Crippen LogP contribution in [0.2, 0.25) is 0 Å². The maximum atomic E-state index is 13.9. The van der Waals surface area contributed by atoms with Crippen LogP contribution < -0.4 is 5.01 Å². The molecule has 0 aromatic heterocycles. The monoisotopic (exact) mass is 498 g/mol. The molecular formula is C22H19IN4O2. The minimum absolute atomic E-state index is 0.323. The van der Waals surface area contributed by atoms with Crippen LogP contribution in [0, 0.1) is 3.57 Å². The van der Waals surface area contributed by atoms with E-state index in [4.69, 9.17) is 0 Å². The second-order valence-electron chi connectivity index (χ2n) is 7.19. The summed E-state index contributed by atoms with van der Waals surface area (Å²) in [6.07, 6.45) is 3.10. The Morgan fingerprint density at radius 3 is 2.48 bits per heavy atom. The standard InChI is InChI=1S/C22H19IN4O2/c1-14(2)12-20(28)27-22(19-7-5-4-6-16(19)13-24-27)15(3)25-26(21(22)29)18-10-8-17(23)9-11-18/h4-13H,1-3H3. The van der Waals surface area contributed by atoms with Gasteiger partial charge in [0.2, 0.25) is 5.54 Å². The first-order valence-electron chi connectivity index (χ1n) is 9.14. The van der Waals surface area contributed by atoms with Crippen molar-refractivity contribution in [2.75, 3.05) is 5.01 Å². The van der Waals surface area contributed by atoms with E-state index in [1.54, 1.807) is 13.1 Å². The summed E-state index contributed by atoms with van der Waals surface area (Å²) in [5.41, 5.74) is 2.06. The zero-order valence-electron chi connectivity index (χ0n) is 16.3. The highest BCUT2D eigenvalue weighted by molar-refractivity contribution is 14.1. The Morgan fingerprint density at radius 1 is 1.10 bits per heavy atom. The molecule has 0 bridgehead atoms. The van der Waals surface area contributed by atoms with E-state index in [-0.39, 0.29) is 11.8 Å². The number of hydrazone groups is 2. The number of hydrogen-bond acceptors (Lipinski definition) is 4. The Hall–Kier alpha value is -2.81. The van der Waals surface area contributed by atoms with Gasteiger partial charge in [-0.15, -0.1) is 0 Å². The van der Waals surface area contributed by atoms with Crippen molar-refractivity contribution in [3.8, 4) is 0 Å². The summed E-state index contributed by atoms with van der Waals surface area (Å²) in [6.45, 7) is 5.44. The molecule has 0 fully saturated rings. The molecule has 7 heteroatoms. The third-order valence-corrected chi connectivity index (χ3v) is 5.67. The lowest BCUT2D eigenvalue weighted by atomic mass is 9.81. The second kappa shape index (κ2) is 7.22. The molecule has 2 aliphatic heterocycles. The quantitative estimate of drug-likeness (QED) is 0.464. The van der Waals surface area contributed by atoms with Crippen LogP contribution in [0.25, 0.3) is 0 Å². The van der Waals surface area contributed by atoms with Gasteiger partial charge in [0.05, 0.1) is 17.6 Å². The Kier molecular flexibility index (Phi) is 4.85. The van der Waals surface area contributed by atoms with Gasteiger partial charge < -0.3 is 0 Å². The molecule has 1 spiro atoms. The first kappa shape index (κ1) is 19.5. The minimum Gasteiger partial charge on any atom is -0.269 e. The van der Waals surface area contributed by atoms with Crippen molar-refractivity contribution >= 4 is 52.0 Å². The van der Waals surface area contributed by atoms with Gasteiger partial charge >= 0.3 is 0 Å². The average molecular weight is 498 g/mol. The number of anilines is 1. The highest BCUT2D eigenvalue weighted by Gasteiger charge is 2.59. The molecule has 0 aliphatic carbocycles. The lowest BCUT2D eigenvalue weighted by Gasteiger charge is -2.39. The number of allylic oxidation sites excluding steroid dienone is 1. The Balaban J connectivity index is 1.91. The van der Waals surface area contributed by atoms with Gasteiger partial charge in [-0.1, -0.05) is 29.8 Å². The van der Waals surface area contributed by atoms with Crippen LogP contribution in [-0.4, -0.2) is 28.7 Å². The first-order chi connectivity index (χ1) is 13.9. The Morgan fingerprint density at radius 2 is 1.79 bits per heavy atom. The molecule has 2 aromatic rings. The molecule has 0 saturated carbocycles. The van der Waals surface area contributed by atoms with E-state index in [2.05, 4.69) is 32.8 Å². The smallest absolute Gasteiger partial charge is 0.269 e. The molecular weight excluding hydrogens is 479 g/mol. The number of halogens is 1. The molecule has 2 heterocycles. The summed E-state index contributed by atoms with van der Waals surface area (Å²) < 4.78 is 1.06. The second-order valence-corrected chi connectivity index (χ2v) is 8.44. The Bertz CT molecular complexity index is 1100. The number of nitrogens with zero attached hydrogens (tertiary/aromatic N) is 4. The van der Waals surface area contributed by atoms with E-state index < -0.39 is 5.54 Å². The minimum atomic E-state index is -1.41. The summed E-state index contributed by atoms with van der Waals surface area (Å²) >= 11 is 2.21. The van der Waals surface area contributed by atoms with Gasteiger partial charge in [-0.05, 0) is 67.6 Å². The third-order valence-electron chi connectivity index (χ3n) is 4.95. The van der Waals surface area contributed by atoms with E-state index in [1.165, 1.54) is 16.1 Å². The number of fused-ring (bicyclic) bond motifs is 2. The summed E-state index contributed by atoms with van der Waals surface area (Å²) in [6, 6.07) is 15.0. The molecule has 29 heavy (non-hydrogen) atoms. The molecule has 0 radical (unpaired) electrons. The topological polar surface area (TPSA) is 65.3 Å². The SMILES string of the molecule is CC(C)=CC(=O)N1N=Cc2ccccc2C12C(=O)N(c1ccc(I)cc1)N=C2C. The molecule has 2 aromatic carbocycles. The predicted octanol–water partition coefficient (Wildman–Crippen LogP) is 4.05. The predicted molar refractivity (Wildman–Crippen MR) is 122 cm³/mol. The van der Waals surface area contributed by atoms with Gasteiger partial charge in [0.25, 0.3) is 11.8 Å². The van der Waals surface area contributed by atoms with Gasteiger partial charge in [0.15, 0.2) is 0 Å². The van der Waals surface area contributed by atoms with Crippen molar-refractivity contribution < 1.29 is 9.59 Å². The maximum Gasteiger partial charge on any atom is 0.286 e. The van der Waals surface area contributed by atoms with E-state index >= 15 is 0 Å². The number of hydrogen-bond donors (Lipinski definition) is 0.